The van der Waals surface area contributed by atoms with Gasteiger partial charge in [0.2, 0.25) is 0 Å². The highest BCUT2D eigenvalue weighted by Crippen LogP contribution is 2.43. The van der Waals surface area contributed by atoms with Crippen molar-refractivity contribution in [1.82, 2.24) is 5.32 Å². The molecular weight excluding hydrogens is 160 g/mol. The third kappa shape index (κ3) is 1.24. The van der Waals surface area contributed by atoms with Crippen LogP contribution >= 0.6 is 0 Å². The summed E-state index contributed by atoms with van der Waals surface area (Å²) in [6, 6.07) is 0. The van der Waals surface area contributed by atoms with Gasteiger partial charge in [-0.05, 0) is 5.41 Å². The summed E-state index contributed by atoms with van der Waals surface area (Å²) in [6.45, 7) is 8.53. The molecule has 0 unspecified atom stereocenters. The quantitative estimate of drug-likeness (QED) is 0.593. The van der Waals surface area contributed by atoms with Crippen molar-refractivity contribution in [1.29, 1.82) is 0 Å². The van der Waals surface area contributed by atoms with Gasteiger partial charge in [0.25, 0.3) is 0 Å². The van der Waals surface area contributed by atoms with Gasteiger partial charge < -0.3 is 5.32 Å². The van der Waals surface area contributed by atoms with E-state index in [0.717, 1.165) is 0 Å². The van der Waals surface area contributed by atoms with E-state index in [1.807, 2.05) is 0 Å². The number of halogens is 2. The second kappa shape index (κ2) is 2.31. The molecule has 0 saturated carbocycles. The fraction of sp³-hybridized carbons (Fsp3) is 0.556. The Bertz CT molecular complexity index is 246. The molecule has 1 heterocycles. The lowest BCUT2D eigenvalue weighted by molar-refractivity contribution is 0.0669. The number of hydrogen-bond donors (Lipinski definition) is 1. The predicted octanol–water partition coefficient (Wildman–Crippen LogP) is 2.67. The maximum atomic E-state index is 13.3. The predicted molar refractivity (Wildman–Crippen MR) is 44.8 cm³/mol. The molecule has 0 aliphatic carbocycles. The number of hydrogen-bond acceptors (Lipinski definition) is 1. The Morgan fingerprint density at radius 2 is 1.92 bits per heavy atom. The summed E-state index contributed by atoms with van der Waals surface area (Å²) in [7, 11) is 0. The third-order valence-electron chi connectivity index (χ3n) is 1.92. The number of rotatable bonds is 0. The average Bonchev–Trinajstić information content (AvgIpc) is 2.06. The topological polar surface area (TPSA) is 12.0 Å². The van der Waals surface area contributed by atoms with Crippen LogP contribution in [0.1, 0.15) is 20.8 Å². The summed E-state index contributed by atoms with van der Waals surface area (Å²) in [5.74, 6) is -2.89. The van der Waals surface area contributed by atoms with Gasteiger partial charge in [0.05, 0.1) is 5.70 Å². The standard InChI is InChI=1S/C9H13F2N/c1-6-9(10,11)7(5-12-6)8(2,3)4/h5,12H,1H2,2-4H3. The number of allylic oxidation sites excluding steroid dienone is 1. The van der Waals surface area contributed by atoms with Crippen molar-refractivity contribution in [2.45, 2.75) is 26.7 Å². The van der Waals surface area contributed by atoms with Crippen LogP contribution in [0.4, 0.5) is 8.78 Å². The second-order valence-electron chi connectivity index (χ2n) is 4.01. The molecule has 0 amide bonds. The van der Waals surface area contributed by atoms with E-state index in [2.05, 4.69) is 11.9 Å². The highest BCUT2D eigenvalue weighted by atomic mass is 19.3. The first-order valence-corrected chi connectivity index (χ1v) is 3.81. The smallest absolute Gasteiger partial charge is 0.310 e. The molecule has 1 aliphatic heterocycles. The molecule has 0 spiro atoms. The minimum absolute atomic E-state index is 0.0972. The Balaban J connectivity index is 3.03. The highest BCUT2D eigenvalue weighted by molar-refractivity contribution is 5.36. The minimum atomic E-state index is -2.89. The lowest BCUT2D eigenvalue weighted by Gasteiger charge is -2.25. The largest absolute Gasteiger partial charge is 0.360 e. The van der Waals surface area contributed by atoms with E-state index in [4.69, 9.17) is 0 Å². The van der Waals surface area contributed by atoms with Crippen molar-refractivity contribution >= 4 is 0 Å². The van der Waals surface area contributed by atoms with Gasteiger partial charge in [0.1, 0.15) is 0 Å². The zero-order valence-electron chi connectivity index (χ0n) is 7.54. The molecule has 0 fully saturated rings. The van der Waals surface area contributed by atoms with Crippen LogP contribution in [0.25, 0.3) is 0 Å². The van der Waals surface area contributed by atoms with E-state index in [9.17, 15) is 8.78 Å². The van der Waals surface area contributed by atoms with Crippen LogP contribution in [0.15, 0.2) is 24.0 Å². The van der Waals surface area contributed by atoms with Crippen LogP contribution in [0.3, 0.4) is 0 Å². The molecule has 1 N–H and O–H groups in total. The maximum Gasteiger partial charge on any atom is 0.310 e. The molecule has 12 heavy (non-hydrogen) atoms. The van der Waals surface area contributed by atoms with E-state index >= 15 is 0 Å². The van der Waals surface area contributed by atoms with Gasteiger partial charge in [0.15, 0.2) is 0 Å². The SMILES string of the molecule is C=C1NC=C(C(C)(C)C)C1(F)F. The highest BCUT2D eigenvalue weighted by Gasteiger charge is 2.46. The summed E-state index contributed by atoms with van der Waals surface area (Å²) in [5, 5.41) is 2.46. The fourth-order valence-corrected chi connectivity index (χ4v) is 1.19. The van der Waals surface area contributed by atoms with Gasteiger partial charge in [0, 0.05) is 11.8 Å². The summed E-state index contributed by atoms with van der Waals surface area (Å²) >= 11 is 0. The first-order valence-electron chi connectivity index (χ1n) is 3.81. The van der Waals surface area contributed by atoms with E-state index in [0.29, 0.717) is 0 Å². The van der Waals surface area contributed by atoms with Gasteiger partial charge in [-0.25, -0.2) is 0 Å². The van der Waals surface area contributed by atoms with Crippen LogP contribution in [0, 0.1) is 5.41 Å². The number of alkyl halides is 2. The van der Waals surface area contributed by atoms with Gasteiger partial charge in [-0.3, -0.25) is 0 Å². The van der Waals surface area contributed by atoms with Crippen LogP contribution in [-0.2, 0) is 0 Å². The van der Waals surface area contributed by atoms with Gasteiger partial charge in [-0.1, -0.05) is 27.4 Å². The Kier molecular flexibility index (Phi) is 1.78. The van der Waals surface area contributed by atoms with Crippen molar-refractivity contribution in [2.24, 2.45) is 5.41 Å². The lowest BCUT2D eigenvalue weighted by atomic mass is 9.84. The van der Waals surface area contributed by atoms with Crippen LogP contribution in [0.2, 0.25) is 0 Å². The lowest BCUT2D eigenvalue weighted by Crippen LogP contribution is -2.27. The molecule has 0 bridgehead atoms. The van der Waals surface area contributed by atoms with Gasteiger partial charge in [-0.2, -0.15) is 8.78 Å². The van der Waals surface area contributed by atoms with Crippen molar-refractivity contribution in [3.8, 4) is 0 Å². The molecule has 1 rings (SSSR count). The van der Waals surface area contributed by atoms with E-state index in [-0.39, 0.29) is 11.3 Å². The Morgan fingerprint density at radius 3 is 2.08 bits per heavy atom. The fourth-order valence-electron chi connectivity index (χ4n) is 1.19. The van der Waals surface area contributed by atoms with Crippen molar-refractivity contribution in [2.75, 3.05) is 0 Å². The van der Waals surface area contributed by atoms with Crippen LogP contribution in [0.5, 0.6) is 0 Å². The first kappa shape index (κ1) is 9.23. The first-order chi connectivity index (χ1) is 5.26. The molecular formula is C9H13F2N. The second-order valence-corrected chi connectivity index (χ2v) is 4.01. The molecule has 0 aromatic rings. The Hall–Kier alpha value is -0.860. The van der Waals surface area contributed by atoms with Gasteiger partial charge in [-0.15, -0.1) is 0 Å². The van der Waals surface area contributed by atoms with Crippen molar-refractivity contribution in [3.63, 3.8) is 0 Å². The molecule has 0 radical (unpaired) electrons. The maximum absolute atomic E-state index is 13.3. The minimum Gasteiger partial charge on any atom is -0.360 e. The molecule has 0 aromatic heterocycles. The average molecular weight is 173 g/mol. The summed E-state index contributed by atoms with van der Waals surface area (Å²) in [6.07, 6.45) is 1.35. The van der Waals surface area contributed by atoms with Crippen LogP contribution < -0.4 is 5.32 Å². The zero-order valence-corrected chi connectivity index (χ0v) is 7.54. The van der Waals surface area contributed by atoms with E-state index in [1.54, 1.807) is 20.8 Å². The third-order valence-corrected chi connectivity index (χ3v) is 1.92. The summed E-state index contributed by atoms with van der Waals surface area (Å²) in [4.78, 5) is 0. The molecule has 0 atom stereocenters. The molecule has 3 heteroatoms. The molecule has 1 aliphatic rings. The van der Waals surface area contributed by atoms with Gasteiger partial charge >= 0.3 is 5.92 Å². The summed E-state index contributed by atoms with van der Waals surface area (Å²) < 4.78 is 26.5. The Morgan fingerprint density at radius 1 is 1.42 bits per heavy atom. The van der Waals surface area contributed by atoms with Crippen LogP contribution in [-0.4, -0.2) is 5.92 Å². The molecule has 0 aromatic carbocycles. The van der Waals surface area contributed by atoms with E-state index < -0.39 is 11.3 Å². The summed E-state index contributed by atoms with van der Waals surface area (Å²) in [5.41, 5.74) is -0.650. The molecule has 68 valence electrons. The number of nitrogens with one attached hydrogen (secondary N) is 1. The normalized spacial score (nSPS) is 22.1. The Labute approximate surface area is 71.2 Å². The van der Waals surface area contributed by atoms with Crippen molar-refractivity contribution < 1.29 is 8.78 Å². The zero-order chi connectivity index (χ0) is 9.57. The molecule has 0 saturated heterocycles. The monoisotopic (exact) mass is 173 g/mol. The van der Waals surface area contributed by atoms with E-state index in [1.165, 1.54) is 6.20 Å². The van der Waals surface area contributed by atoms with Crippen molar-refractivity contribution in [3.05, 3.63) is 24.0 Å². The molecule has 1 nitrogen and oxygen atoms in total.